The fraction of sp³-hybridized carbons (Fsp3) is 0.579. The maximum atomic E-state index is 12.1. The summed E-state index contributed by atoms with van der Waals surface area (Å²) in [5, 5.41) is 2.57. The number of anilines is 1. The number of fused-ring (bicyclic) bond motifs is 2. The van der Waals surface area contributed by atoms with Crippen LogP contribution in [0.25, 0.3) is 0 Å². The van der Waals surface area contributed by atoms with E-state index in [9.17, 15) is 18.0 Å². The van der Waals surface area contributed by atoms with E-state index in [0.717, 1.165) is 16.6 Å². The number of rotatable bonds is 7. The van der Waals surface area contributed by atoms with Gasteiger partial charge in [-0.25, -0.2) is 12.7 Å². The van der Waals surface area contributed by atoms with Gasteiger partial charge in [-0.05, 0) is 55.2 Å². The summed E-state index contributed by atoms with van der Waals surface area (Å²) in [5.41, 5.74) is 0.340. The average Bonchev–Trinajstić information content (AvgIpc) is 3.23. The second-order valence-corrected chi connectivity index (χ2v) is 9.82. The Kier molecular flexibility index (Phi) is 5.86. The fourth-order valence-corrected chi connectivity index (χ4v) is 5.14. The van der Waals surface area contributed by atoms with Gasteiger partial charge in [0.25, 0.3) is 5.91 Å². The van der Waals surface area contributed by atoms with Gasteiger partial charge in [0, 0.05) is 26.2 Å². The van der Waals surface area contributed by atoms with Gasteiger partial charge in [-0.3, -0.25) is 9.59 Å². The molecule has 27 heavy (non-hydrogen) atoms. The summed E-state index contributed by atoms with van der Waals surface area (Å²) in [6.45, 7) is -0.371. The van der Waals surface area contributed by atoms with Crippen LogP contribution < -0.4 is 5.32 Å². The molecule has 3 atom stereocenters. The summed E-state index contributed by atoms with van der Waals surface area (Å²) < 4.78 is 30.5. The van der Waals surface area contributed by atoms with E-state index in [1.54, 1.807) is 12.1 Å². The number of nitrogens with one attached hydrogen (secondary N) is 1. The SMILES string of the molecule is CN(C)S(=O)(=O)c1cccc(NC(=O)COC(=O)C[C@@H]2C[C@@H]3CC[C@@H]2C3)c1. The minimum absolute atomic E-state index is 0.0820. The van der Waals surface area contributed by atoms with Crippen molar-refractivity contribution >= 4 is 27.6 Å². The van der Waals surface area contributed by atoms with Crippen molar-refractivity contribution in [2.24, 2.45) is 17.8 Å². The minimum atomic E-state index is -3.58. The summed E-state index contributed by atoms with van der Waals surface area (Å²) in [5.74, 6) is 0.967. The first-order valence-corrected chi connectivity index (χ1v) is 10.7. The van der Waals surface area contributed by atoms with E-state index in [1.165, 1.54) is 45.5 Å². The highest BCUT2D eigenvalue weighted by atomic mass is 32.2. The van der Waals surface area contributed by atoms with Crippen molar-refractivity contribution in [2.45, 2.75) is 37.0 Å². The second-order valence-electron chi connectivity index (χ2n) is 7.66. The lowest BCUT2D eigenvalue weighted by Crippen LogP contribution is -2.24. The molecule has 0 heterocycles. The van der Waals surface area contributed by atoms with Crippen molar-refractivity contribution in [2.75, 3.05) is 26.0 Å². The number of ether oxygens (including phenoxy) is 1. The molecular formula is C19H26N2O5S. The van der Waals surface area contributed by atoms with Crippen LogP contribution in [-0.2, 0) is 24.3 Å². The number of hydrogen-bond donors (Lipinski definition) is 1. The number of hydrogen-bond acceptors (Lipinski definition) is 5. The van der Waals surface area contributed by atoms with Crippen LogP contribution in [0.3, 0.4) is 0 Å². The number of esters is 1. The quantitative estimate of drug-likeness (QED) is 0.716. The molecule has 2 fully saturated rings. The van der Waals surface area contributed by atoms with E-state index >= 15 is 0 Å². The van der Waals surface area contributed by atoms with E-state index in [0.29, 0.717) is 23.9 Å². The van der Waals surface area contributed by atoms with E-state index < -0.39 is 15.9 Å². The van der Waals surface area contributed by atoms with E-state index in [-0.39, 0.29) is 17.5 Å². The van der Waals surface area contributed by atoms with Crippen LogP contribution in [0.2, 0.25) is 0 Å². The molecule has 2 saturated carbocycles. The van der Waals surface area contributed by atoms with Crippen molar-refractivity contribution in [3.8, 4) is 0 Å². The van der Waals surface area contributed by atoms with Gasteiger partial charge in [-0.1, -0.05) is 12.5 Å². The van der Waals surface area contributed by atoms with Gasteiger partial charge >= 0.3 is 5.97 Å². The van der Waals surface area contributed by atoms with Crippen LogP contribution in [0.4, 0.5) is 5.69 Å². The lowest BCUT2D eigenvalue weighted by molar-refractivity contribution is -0.148. The van der Waals surface area contributed by atoms with Crippen LogP contribution in [0.1, 0.15) is 32.1 Å². The first-order chi connectivity index (χ1) is 12.8. The second kappa shape index (κ2) is 7.98. The standard InChI is InChI=1S/C19H26N2O5S/c1-21(2)27(24,25)17-5-3-4-16(11-17)20-18(22)12-26-19(23)10-15-9-13-6-7-14(15)8-13/h3-5,11,13-15H,6-10,12H2,1-2H3,(H,20,22)/t13-,14-,15+/m1/s1. The molecule has 2 bridgehead atoms. The molecule has 8 heteroatoms. The molecular weight excluding hydrogens is 368 g/mol. The molecule has 1 amide bonds. The summed E-state index contributed by atoms with van der Waals surface area (Å²) in [6, 6.07) is 5.97. The van der Waals surface area contributed by atoms with Crippen molar-refractivity contribution in [1.82, 2.24) is 4.31 Å². The Morgan fingerprint density at radius 1 is 1.22 bits per heavy atom. The van der Waals surface area contributed by atoms with Gasteiger partial charge in [-0.2, -0.15) is 0 Å². The Labute approximate surface area is 160 Å². The van der Waals surface area contributed by atoms with Gasteiger partial charge in [0.2, 0.25) is 10.0 Å². The first kappa shape index (κ1) is 19.8. The topological polar surface area (TPSA) is 92.8 Å². The molecule has 3 rings (SSSR count). The summed E-state index contributed by atoms with van der Waals surface area (Å²) in [4.78, 5) is 24.1. The molecule has 7 nitrogen and oxygen atoms in total. The third-order valence-electron chi connectivity index (χ3n) is 5.57. The maximum absolute atomic E-state index is 12.1. The van der Waals surface area contributed by atoms with Gasteiger partial charge in [-0.15, -0.1) is 0 Å². The molecule has 2 aliphatic carbocycles. The van der Waals surface area contributed by atoms with E-state index in [2.05, 4.69) is 5.32 Å². The molecule has 1 N–H and O–H groups in total. The molecule has 0 unspecified atom stereocenters. The number of benzene rings is 1. The Hall–Kier alpha value is -1.93. The third kappa shape index (κ3) is 4.68. The van der Waals surface area contributed by atoms with Crippen molar-refractivity contribution in [3.63, 3.8) is 0 Å². The predicted molar refractivity (Wildman–Crippen MR) is 100 cm³/mol. The maximum Gasteiger partial charge on any atom is 0.306 e. The summed E-state index contributed by atoms with van der Waals surface area (Å²) in [6.07, 6.45) is 5.19. The summed E-state index contributed by atoms with van der Waals surface area (Å²) >= 11 is 0. The Morgan fingerprint density at radius 2 is 2.00 bits per heavy atom. The number of carbonyl (C=O) groups is 2. The van der Waals surface area contributed by atoms with Crippen molar-refractivity contribution in [1.29, 1.82) is 0 Å². The largest absolute Gasteiger partial charge is 0.456 e. The number of amides is 1. The highest BCUT2D eigenvalue weighted by molar-refractivity contribution is 7.89. The van der Waals surface area contributed by atoms with Crippen LogP contribution in [-0.4, -0.2) is 45.3 Å². The number of sulfonamides is 1. The number of nitrogens with zero attached hydrogens (tertiary/aromatic N) is 1. The molecule has 1 aromatic rings. The molecule has 148 valence electrons. The Bertz CT molecular complexity index is 821. The monoisotopic (exact) mass is 394 g/mol. The van der Waals surface area contributed by atoms with E-state index in [4.69, 9.17) is 4.74 Å². The first-order valence-electron chi connectivity index (χ1n) is 9.24. The smallest absolute Gasteiger partial charge is 0.306 e. The lowest BCUT2D eigenvalue weighted by Gasteiger charge is -2.20. The molecule has 2 aliphatic rings. The minimum Gasteiger partial charge on any atom is -0.456 e. The highest BCUT2D eigenvalue weighted by Crippen LogP contribution is 2.49. The molecule has 0 radical (unpaired) electrons. The van der Waals surface area contributed by atoms with E-state index in [1.807, 2.05) is 0 Å². The van der Waals surface area contributed by atoms with Crippen LogP contribution in [0.15, 0.2) is 29.2 Å². The normalized spacial score (nSPS) is 24.2. The molecule has 0 aromatic heterocycles. The Morgan fingerprint density at radius 3 is 2.63 bits per heavy atom. The molecule has 0 saturated heterocycles. The lowest BCUT2D eigenvalue weighted by atomic mass is 9.86. The molecule has 0 aliphatic heterocycles. The third-order valence-corrected chi connectivity index (χ3v) is 7.39. The summed E-state index contributed by atoms with van der Waals surface area (Å²) in [7, 11) is -0.701. The van der Waals surface area contributed by atoms with Crippen molar-refractivity contribution < 1.29 is 22.7 Å². The fourth-order valence-electron chi connectivity index (χ4n) is 4.19. The zero-order chi connectivity index (χ0) is 19.6. The van der Waals surface area contributed by atoms with Crippen LogP contribution in [0, 0.1) is 17.8 Å². The highest BCUT2D eigenvalue weighted by Gasteiger charge is 2.40. The van der Waals surface area contributed by atoms with Gasteiger partial charge < -0.3 is 10.1 Å². The zero-order valence-electron chi connectivity index (χ0n) is 15.7. The number of carbonyl (C=O) groups excluding carboxylic acids is 2. The van der Waals surface area contributed by atoms with Gasteiger partial charge in [0.15, 0.2) is 6.61 Å². The van der Waals surface area contributed by atoms with Gasteiger partial charge in [0.05, 0.1) is 4.90 Å². The predicted octanol–water partition coefficient (Wildman–Crippen LogP) is 2.24. The van der Waals surface area contributed by atoms with Crippen LogP contribution >= 0.6 is 0 Å². The zero-order valence-corrected chi connectivity index (χ0v) is 16.5. The molecule has 0 spiro atoms. The van der Waals surface area contributed by atoms with Crippen molar-refractivity contribution in [3.05, 3.63) is 24.3 Å². The van der Waals surface area contributed by atoms with Gasteiger partial charge in [0.1, 0.15) is 0 Å². The van der Waals surface area contributed by atoms with Crippen LogP contribution in [0.5, 0.6) is 0 Å². The average molecular weight is 394 g/mol. The molecule has 1 aromatic carbocycles. The Balaban J connectivity index is 1.49.